The lowest BCUT2D eigenvalue weighted by Gasteiger charge is -2.14. The zero-order valence-corrected chi connectivity index (χ0v) is 20.0. The molecule has 1 N–H and O–H groups in total. The number of nitrogens with zero attached hydrogens (tertiary/aromatic N) is 3. The SMILES string of the molecule is CCOCCCN1C(=O)/C(=C\c2c(NCc3ccco3)nc3c(C)cccn3c2=O)SC1=S. The Balaban J connectivity index is 1.69. The van der Waals surface area contributed by atoms with E-state index in [1.54, 1.807) is 35.6 Å². The maximum atomic E-state index is 13.4. The van der Waals surface area contributed by atoms with Crippen LogP contribution in [-0.4, -0.2) is 44.3 Å². The Morgan fingerprint density at radius 1 is 1.30 bits per heavy atom. The van der Waals surface area contributed by atoms with Gasteiger partial charge in [-0.2, -0.15) is 0 Å². The van der Waals surface area contributed by atoms with Crippen LogP contribution in [0.4, 0.5) is 5.82 Å². The van der Waals surface area contributed by atoms with Gasteiger partial charge in [-0.05, 0) is 50.1 Å². The number of aryl methyl sites for hydroxylation is 1. The Hall–Kier alpha value is -2.95. The number of ether oxygens (including phenoxy) is 1. The van der Waals surface area contributed by atoms with E-state index in [0.29, 0.717) is 64.7 Å². The third kappa shape index (κ3) is 5.02. The zero-order valence-electron chi connectivity index (χ0n) is 18.4. The molecule has 0 aromatic carbocycles. The number of nitrogens with one attached hydrogen (secondary N) is 1. The topological polar surface area (TPSA) is 89.1 Å². The van der Waals surface area contributed by atoms with Crippen LogP contribution in [0.1, 0.15) is 30.2 Å². The van der Waals surface area contributed by atoms with E-state index in [2.05, 4.69) is 5.32 Å². The molecule has 10 heteroatoms. The van der Waals surface area contributed by atoms with Gasteiger partial charge in [0.2, 0.25) is 0 Å². The molecule has 0 saturated carbocycles. The molecule has 1 aliphatic heterocycles. The van der Waals surface area contributed by atoms with Crippen LogP contribution >= 0.6 is 24.0 Å². The van der Waals surface area contributed by atoms with E-state index in [-0.39, 0.29) is 11.5 Å². The summed E-state index contributed by atoms with van der Waals surface area (Å²) in [5.41, 5.74) is 1.43. The average Bonchev–Trinajstić information content (AvgIpc) is 3.41. The van der Waals surface area contributed by atoms with E-state index >= 15 is 0 Å². The summed E-state index contributed by atoms with van der Waals surface area (Å²) < 4.78 is 12.7. The molecule has 0 bridgehead atoms. The lowest BCUT2D eigenvalue weighted by molar-refractivity contribution is -0.122. The van der Waals surface area contributed by atoms with Gasteiger partial charge in [-0.3, -0.25) is 18.9 Å². The number of carbonyl (C=O) groups is 1. The minimum absolute atomic E-state index is 0.216. The van der Waals surface area contributed by atoms with Crippen molar-refractivity contribution in [1.82, 2.24) is 14.3 Å². The monoisotopic (exact) mass is 484 g/mol. The zero-order chi connectivity index (χ0) is 23.4. The molecule has 1 fully saturated rings. The molecule has 1 amide bonds. The molecule has 172 valence electrons. The minimum atomic E-state index is -0.271. The van der Waals surface area contributed by atoms with Crippen molar-refractivity contribution in [3.05, 3.63) is 68.9 Å². The van der Waals surface area contributed by atoms with Gasteiger partial charge < -0.3 is 14.5 Å². The third-order valence-corrected chi connectivity index (χ3v) is 6.50. The van der Waals surface area contributed by atoms with Crippen molar-refractivity contribution in [1.29, 1.82) is 0 Å². The van der Waals surface area contributed by atoms with Gasteiger partial charge in [0.15, 0.2) is 0 Å². The number of fused-ring (bicyclic) bond motifs is 1. The predicted octanol–water partition coefficient (Wildman–Crippen LogP) is 3.84. The maximum Gasteiger partial charge on any atom is 0.267 e. The van der Waals surface area contributed by atoms with Gasteiger partial charge in [0.25, 0.3) is 11.5 Å². The highest BCUT2D eigenvalue weighted by Gasteiger charge is 2.32. The number of anilines is 1. The maximum absolute atomic E-state index is 13.4. The molecule has 0 atom stereocenters. The third-order valence-electron chi connectivity index (χ3n) is 5.12. The molecule has 0 spiro atoms. The quantitative estimate of drug-likeness (QED) is 0.278. The number of hydrogen-bond acceptors (Lipinski definition) is 8. The summed E-state index contributed by atoms with van der Waals surface area (Å²) in [5, 5.41) is 3.19. The lowest BCUT2D eigenvalue weighted by Crippen LogP contribution is -2.29. The highest BCUT2D eigenvalue weighted by Crippen LogP contribution is 2.33. The molecule has 1 saturated heterocycles. The number of aromatic nitrogens is 2. The van der Waals surface area contributed by atoms with E-state index in [1.165, 1.54) is 16.2 Å². The Kier molecular flexibility index (Phi) is 7.26. The average molecular weight is 485 g/mol. The molecule has 33 heavy (non-hydrogen) atoms. The second-order valence-electron chi connectivity index (χ2n) is 7.38. The minimum Gasteiger partial charge on any atom is -0.467 e. The number of carbonyl (C=O) groups excluding carboxylic acids is 1. The summed E-state index contributed by atoms with van der Waals surface area (Å²) in [6.45, 7) is 5.83. The van der Waals surface area contributed by atoms with Crippen molar-refractivity contribution in [2.75, 3.05) is 25.1 Å². The van der Waals surface area contributed by atoms with Gasteiger partial charge in [0.1, 0.15) is 21.5 Å². The number of furan rings is 1. The number of hydrogen-bond donors (Lipinski definition) is 1. The Labute approximate surface area is 200 Å². The highest BCUT2D eigenvalue weighted by molar-refractivity contribution is 8.26. The first-order valence-corrected chi connectivity index (χ1v) is 11.8. The molecule has 3 aromatic heterocycles. The van der Waals surface area contributed by atoms with Crippen molar-refractivity contribution < 1.29 is 13.9 Å². The molecule has 8 nitrogen and oxygen atoms in total. The van der Waals surface area contributed by atoms with Crippen LogP contribution in [0.5, 0.6) is 0 Å². The normalized spacial score (nSPS) is 15.2. The number of thiocarbonyl (C=S) groups is 1. The van der Waals surface area contributed by atoms with E-state index in [4.69, 9.17) is 26.4 Å². The summed E-state index contributed by atoms with van der Waals surface area (Å²) >= 11 is 6.60. The molecule has 0 radical (unpaired) electrons. The van der Waals surface area contributed by atoms with Gasteiger partial charge in [-0.25, -0.2) is 4.98 Å². The van der Waals surface area contributed by atoms with E-state index in [1.807, 2.05) is 26.0 Å². The molecular weight excluding hydrogens is 460 g/mol. The number of rotatable bonds is 9. The summed E-state index contributed by atoms with van der Waals surface area (Å²) in [7, 11) is 0. The summed E-state index contributed by atoms with van der Waals surface area (Å²) in [6.07, 6.45) is 5.52. The standard InChI is InChI=1S/C23H24N4O4S2/c1-3-30-11-6-10-27-22(29)18(33-23(27)32)13-17-19(24-14-16-8-5-12-31-16)25-20-15(2)7-4-9-26(20)21(17)28/h4-5,7-9,12-13,24H,3,6,10-11,14H2,1-2H3/b18-13+. The second kappa shape index (κ2) is 10.3. The molecule has 4 rings (SSSR count). The summed E-state index contributed by atoms with van der Waals surface area (Å²) in [5.74, 6) is 0.868. The first-order chi connectivity index (χ1) is 16.0. The van der Waals surface area contributed by atoms with Gasteiger partial charge in [-0.15, -0.1) is 0 Å². The molecular formula is C23H24N4O4S2. The lowest BCUT2D eigenvalue weighted by atomic mass is 10.2. The van der Waals surface area contributed by atoms with Crippen LogP contribution in [-0.2, 0) is 16.1 Å². The van der Waals surface area contributed by atoms with Crippen LogP contribution < -0.4 is 10.9 Å². The fourth-order valence-electron chi connectivity index (χ4n) is 3.45. The van der Waals surface area contributed by atoms with Crippen LogP contribution in [0.2, 0.25) is 0 Å². The predicted molar refractivity (Wildman–Crippen MR) is 133 cm³/mol. The molecule has 1 aliphatic rings. The van der Waals surface area contributed by atoms with Gasteiger partial charge in [-0.1, -0.05) is 30.0 Å². The van der Waals surface area contributed by atoms with Crippen LogP contribution in [0.25, 0.3) is 11.7 Å². The highest BCUT2D eigenvalue weighted by atomic mass is 32.2. The number of thioether (sulfide) groups is 1. The fraction of sp³-hybridized carbons (Fsp3) is 0.304. The Morgan fingerprint density at radius 3 is 2.91 bits per heavy atom. The van der Waals surface area contributed by atoms with E-state index in [9.17, 15) is 9.59 Å². The van der Waals surface area contributed by atoms with Crippen molar-refractivity contribution in [2.45, 2.75) is 26.8 Å². The first-order valence-electron chi connectivity index (χ1n) is 10.6. The number of pyridine rings is 1. The van der Waals surface area contributed by atoms with Crippen molar-refractivity contribution in [3.8, 4) is 0 Å². The Morgan fingerprint density at radius 2 is 2.15 bits per heavy atom. The summed E-state index contributed by atoms with van der Waals surface area (Å²) in [6, 6.07) is 7.31. The van der Waals surface area contributed by atoms with Gasteiger partial charge >= 0.3 is 0 Å². The van der Waals surface area contributed by atoms with E-state index in [0.717, 1.165) is 5.56 Å². The molecule has 0 unspecified atom stereocenters. The van der Waals surface area contributed by atoms with Gasteiger partial charge in [0.05, 0.1) is 23.3 Å². The molecule has 0 aliphatic carbocycles. The number of amides is 1. The van der Waals surface area contributed by atoms with Crippen LogP contribution in [0, 0.1) is 6.92 Å². The van der Waals surface area contributed by atoms with E-state index < -0.39 is 0 Å². The fourth-order valence-corrected chi connectivity index (χ4v) is 4.74. The van der Waals surface area contributed by atoms with Crippen LogP contribution in [0.15, 0.2) is 50.8 Å². The second-order valence-corrected chi connectivity index (χ2v) is 9.06. The first kappa shape index (κ1) is 23.2. The largest absolute Gasteiger partial charge is 0.467 e. The van der Waals surface area contributed by atoms with Crippen molar-refractivity contribution in [3.63, 3.8) is 0 Å². The van der Waals surface area contributed by atoms with Crippen molar-refractivity contribution in [2.24, 2.45) is 0 Å². The molecule has 3 aromatic rings. The van der Waals surface area contributed by atoms with Crippen molar-refractivity contribution >= 4 is 51.7 Å². The van der Waals surface area contributed by atoms with Crippen LogP contribution in [0.3, 0.4) is 0 Å². The molecule has 4 heterocycles. The Bertz CT molecular complexity index is 1270. The van der Waals surface area contributed by atoms with Gasteiger partial charge in [0, 0.05) is 26.0 Å². The smallest absolute Gasteiger partial charge is 0.267 e. The summed E-state index contributed by atoms with van der Waals surface area (Å²) in [4.78, 5) is 33.0.